The summed E-state index contributed by atoms with van der Waals surface area (Å²) in [7, 11) is 2.99. The van der Waals surface area contributed by atoms with E-state index in [1.807, 2.05) is 13.0 Å². The van der Waals surface area contributed by atoms with Crippen LogP contribution in [0, 0.1) is 6.92 Å². The molecule has 0 radical (unpaired) electrons. The number of amides is 1. The lowest BCUT2D eigenvalue weighted by atomic mass is 10.2. The normalized spacial score (nSPS) is 9.77. The molecule has 4 nitrogen and oxygen atoms in total. The summed E-state index contributed by atoms with van der Waals surface area (Å²) < 4.78 is 0. The molecule has 0 spiro atoms. The summed E-state index contributed by atoms with van der Waals surface area (Å²) in [6, 6.07) is 3.63. The van der Waals surface area contributed by atoms with Gasteiger partial charge in [0.15, 0.2) is 0 Å². The van der Waals surface area contributed by atoms with Gasteiger partial charge in [-0.15, -0.1) is 0 Å². The Kier molecular flexibility index (Phi) is 2.97. The van der Waals surface area contributed by atoms with Crippen LogP contribution in [0.3, 0.4) is 0 Å². The lowest BCUT2D eigenvalue weighted by molar-refractivity contribution is -0.0761. The first-order chi connectivity index (χ1) is 6.16. The van der Waals surface area contributed by atoms with Crippen molar-refractivity contribution in [3.05, 3.63) is 29.6 Å². The molecule has 1 rings (SSSR count). The predicted octanol–water partition coefficient (Wildman–Crippen LogP) is 1.02. The first-order valence-corrected chi connectivity index (χ1v) is 3.90. The van der Waals surface area contributed by atoms with Gasteiger partial charge in [-0.1, -0.05) is 6.07 Å². The predicted molar refractivity (Wildman–Crippen MR) is 48.1 cm³/mol. The monoisotopic (exact) mass is 180 g/mol. The summed E-state index contributed by atoms with van der Waals surface area (Å²) in [5, 5.41) is 1.15. The number of pyridine rings is 1. The van der Waals surface area contributed by atoms with Crippen molar-refractivity contribution in [2.45, 2.75) is 6.92 Å². The van der Waals surface area contributed by atoms with E-state index in [4.69, 9.17) is 4.84 Å². The first-order valence-electron chi connectivity index (χ1n) is 3.90. The quantitative estimate of drug-likeness (QED) is 0.638. The SMILES string of the molecule is CON(C)C(=O)c1ncccc1C. The van der Waals surface area contributed by atoms with E-state index in [9.17, 15) is 4.79 Å². The van der Waals surface area contributed by atoms with Crippen LogP contribution in [0.1, 0.15) is 16.1 Å². The highest BCUT2D eigenvalue weighted by Gasteiger charge is 2.14. The smallest absolute Gasteiger partial charge is 0.274 e. The number of hydroxylamine groups is 2. The molecule has 13 heavy (non-hydrogen) atoms. The molecule has 0 bridgehead atoms. The zero-order valence-corrected chi connectivity index (χ0v) is 7.94. The molecule has 1 aromatic heterocycles. The topological polar surface area (TPSA) is 42.4 Å². The molecule has 0 aliphatic carbocycles. The third-order valence-corrected chi connectivity index (χ3v) is 1.77. The largest absolute Gasteiger partial charge is 0.295 e. The number of rotatable bonds is 2. The van der Waals surface area contributed by atoms with Crippen molar-refractivity contribution >= 4 is 5.91 Å². The Morgan fingerprint density at radius 3 is 2.85 bits per heavy atom. The number of carbonyl (C=O) groups excluding carboxylic acids is 1. The first kappa shape index (κ1) is 9.67. The molecule has 1 aromatic rings. The molecular formula is C9H12N2O2. The van der Waals surface area contributed by atoms with Gasteiger partial charge in [0.25, 0.3) is 5.91 Å². The molecule has 4 heteroatoms. The molecule has 0 fully saturated rings. The van der Waals surface area contributed by atoms with Crippen LogP contribution in [0.4, 0.5) is 0 Å². The summed E-state index contributed by atoms with van der Waals surface area (Å²) in [6.07, 6.45) is 1.59. The average Bonchev–Trinajstić information content (AvgIpc) is 2.16. The molecule has 0 atom stereocenters. The maximum absolute atomic E-state index is 11.5. The van der Waals surface area contributed by atoms with Gasteiger partial charge in [-0.25, -0.2) is 5.06 Å². The van der Waals surface area contributed by atoms with Crippen LogP contribution in [-0.2, 0) is 4.84 Å². The van der Waals surface area contributed by atoms with E-state index < -0.39 is 0 Å². The fraction of sp³-hybridized carbons (Fsp3) is 0.333. The van der Waals surface area contributed by atoms with Gasteiger partial charge in [-0.2, -0.15) is 0 Å². The Labute approximate surface area is 77.1 Å². The molecule has 0 aliphatic heterocycles. The van der Waals surface area contributed by atoms with Crippen molar-refractivity contribution in [3.63, 3.8) is 0 Å². The van der Waals surface area contributed by atoms with Crippen molar-refractivity contribution in [2.75, 3.05) is 14.2 Å². The highest BCUT2D eigenvalue weighted by molar-refractivity contribution is 5.92. The molecule has 1 amide bonds. The van der Waals surface area contributed by atoms with E-state index >= 15 is 0 Å². The number of aromatic nitrogens is 1. The van der Waals surface area contributed by atoms with Gasteiger partial charge in [-0.05, 0) is 18.6 Å². The zero-order chi connectivity index (χ0) is 9.84. The summed E-state index contributed by atoms with van der Waals surface area (Å²) in [4.78, 5) is 20.3. The highest BCUT2D eigenvalue weighted by atomic mass is 16.7. The Hall–Kier alpha value is -1.42. The summed E-state index contributed by atoms with van der Waals surface area (Å²) in [5.41, 5.74) is 1.27. The fourth-order valence-corrected chi connectivity index (χ4v) is 0.942. The Morgan fingerprint density at radius 2 is 2.31 bits per heavy atom. The number of hydrogen-bond donors (Lipinski definition) is 0. The van der Waals surface area contributed by atoms with Crippen LogP contribution in [0.2, 0.25) is 0 Å². The van der Waals surface area contributed by atoms with Crippen LogP contribution in [-0.4, -0.2) is 30.1 Å². The van der Waals surface area contributed by atoms with Gasteiger partial charge in [0.2, 0.25) is 0 Å². The van der Waals surface area contributed by atoms with Crippen LogP contribution < -0.4 is 0 Å². The van der Waals surface area contributed by atoms with Gasteiger partial charge in [0.05, 0.1) is 7.11 Å². The van der Waals surface area contributed by atoms with Gasteiger partial charge in [0.1, 0.15) is 5.69 Å². The lowest BCUT2D eigenvalue weighted by Gasteiger charge is -2.13. The lowest BCUT2D eigenvalue weighted by Crippen LogP contribution is -2.26. The van der Waals surface area contributed by atoms with Crippen molar-refractivity contribution in [3.8, 4) is 0 Å². The van der Waals surface area contributed by atoms with E-state index in [1.165, 1.54) is 7.11 Å². The van der Waals surface area contributed by atoms with Crippen LogP contribution in [0.5, 0.6) is 0 Å². The minimum absolute atomic E-state index is 0.236. The molecule has 0 saturated carbocycles. The standard InChI is InChI=1S/C9H12N2O2/c1-7-5-4-6-10-8(7)9(12)11(2)13-3/h4-6H,1-3H3. The average molecular weight is 180 g/mol. The number of carbonyl (C=O) groups is 1. The van der Waals surface area contributed by atoms with E-state index in [1.54, 1.807) is 19.3 Å². The van der Waals surface area contributed by atoms with E-state index in [0.717, 1.165) is 10.6 Å². The molecule has 0 unspecified atom stereocenters. The maximum atomic E-state index is 11.5. The second kappa shape index (κ2) is 4.00. The molecular weight excluding hydrogens is 168 g/mol. The molecule has 0 N–H and O–H groups in total. The molecule has 0 saturated heterocycles. The molecule has 0 aliphatic rings. The summed E-state index contributed by atoms with van der Waals surface area (Å²) in [6.45, 7) is 1.84. The zero-order valence-electron chi connectivity index (χ0n) is 7.94. The molecule has 1 heterocycles. The van der Waals surface area contributed by atoms with Crippen LogP contribution in [0.25, 0.3) is 0 Å². The van der Waals surface area contributed by atoms with Crippen LogP contribution >= 0.6 is 0 Å². The molecule has 70 valence electrons. The summed E-state index contributed by atoms with van der Waals surface area (Å²) >= 11 is 0. The van der Waals surface area contributed by atoms with Gasteiger partial charge in [-0.3, -0.25) is 14.6 Å². The van der Waals surface area contributed by atoms with E-state index in [0.29, 0.717) is 5.69 Å². The third kappa shape index (κ3) is 2.03. The Morgan fingerprint density at radius 1 is 1.62 bits per heavy atom. The van der Waals surface area contributed by atoms with Crippen molar-refractivity contribution in [1.29, 1.82) is 0 Å². The Bertz CT molecular complexity index is 312. The van der Waals surface area contributed by atoms with Crippen molar-refractivity contribution in [2.24, 2.45) is 0 Å². The van der Waals surface area contributed by atoms with Crippen molar-refractivity contribution < 1.29 is 9.63 Å². The van der Waals surface area contributed by atoms with Gasteiger partial charge >= 0.3 is 0 Å². The van der Waals surface area contributed by atoms with Gasteiger partial charge < -0.3 is 0 Å². The minimum Gasteiger partial charge on any atom is -0.274 e. The van der Waals surface area contributed by atoms with Crippen molar-refractivity contribution in [1.82, 2.24) is 10.0 Å². The Balaban J connectivity index is 2.95. The number of aryl methyl sites for hydroxylation is 1. The fourth-order valence-electron chi connectivity index (χ4n) is 0.942. The second-order valence-corrected chi connectivity index (χ2v) is 2.65. The minimum atomic E-state index is -0.236. The van der Waals surface area contributed by atoms with E-state index in [2.05, 4.69) is 4.98 Å². The summed E-state index contributed by atoms with van der Waals surface area (Å²) in [5.74, 6) is -0.236. The van der Waals surface area contributed by atoms with E-state index in [-0.39, 0.29) is 5.91 Å². The molecule has 0 aromatic carbocycles. The number of nitrogens with zero attached hydrogens (tertiary/aromatic N) is 2. The highest BCUT2D eigenvalue weighted by Crippen LogP contribution is 2.05. The van der Waals surface area contributed by atoms with Crippen LogP contribution in [0.15, 0.2) is 18.3 Å². The second-order valence-electron chi connectivity index (χ2n) is 2.65. The van der Waals surface area contributed by atoms with Gasteiger partial charge in [0, 0.05) is 13.2 Å². The number of hydrogen-bond acceptors (Lipinski definition) is 3. The third-order valence-electron chi connectivity index (χ3n) is 1.77. The maximum Gasteiger partial charge on any atom is 0.295 e.